The Morgan fingerprint density at radius 3 is 2.94 bits per heavy atom. The molecule has 0 bridgehead atoms. The first-order valence-corrected chi connectivity index (χ1v) is 5.50. The van der Waals surface area contributed by atoms with Gasteiger partial charge in [0.2, 0.25) is 11.8 Å². The molecule has 3 N–H and O–H groups in total. The maximum absolute atomic E-state index is 12.1. The average molecular weight is 233 g/mol. The summed E-state index contributed by atoms with van der Waals surface area (Å²) in [5, 5.41) is 3.11. The van der Waals surface area contributed by atoms with E-state index in [1.807, 2.05) is 24.3 Å². The summed E-state index contributed by atoms with van der Waals surface area (Å²) in [5.41, 5.74) is 6.94. The van der Waals surface area contributed by atoms with E-state index < -0.39 is 5.91 Å². The van der Waals surface area contributed by atoms with Crippen LogP contribution in [-0.2, 0) is 16.1 Å². The van der Waals surface area contributed by atoms with E-state index in [9.17, 15) is 9.59 Å². The fourth-order valence-electron chi connectivity index (χ4n) is 1.95. The Morgan fingerprint density at radius 2 is 2.24 bits per heavy atom. The summed E-state index contributed by atoms with van der Waals surface area (Å²) < 4.78 is 0. The van der Waals surface area contributed by atoms with Gasteiger partial charge in [-0.15, -0.1) is 0 Å². The first kappa shape index (κ1) is 11.6. The highest BCUT2D eigenvalue weighted by Crippen LogP contribution is 2.23. The average Bonchev–Trinajstić information content (AvgIpc) is 2.42. The van der Waals surface area contributed by atoms with Gasteiger partial charge in [0.25, 0.3) is 0 Å². The lowest BCUT2D eigenvalue weighted by Crippen LogP contribution is -2.45. The quantitative estimate of drug-likeness (QED) is 0.754. The van der Waals surface area contributed by atoms with Crippen LogP contribution in [0.25, 0.3) is 0 Å². The van der Waals surface area contributed by atoms with E-state index in [0.29, 0.717) is 6.54 Å². The van der Waals surface area contributed by atoms with Crippen LogP contribution >= 0.6 is 0 Å². The monoisotopic (exact) mass is 233 g/mol. The zero-order valence-electron chi connectivity index (χ0n) is 9.64. The van der Waals surface area contributed by atoms with Crippen LogP contribution in [0.5, 0.6) is 0 Å². The minimum absolute atomic E-state index is 0.0815. The van der Waals surface area contributed by atoms with E-state index in [0.717, 1.165) is 11.3 Å². The summed E-state index contributed by atoms with van der Waals surface area (Å²) >= 11 is 0. The smallest absolute Gasteiger partial charge is 0.244 e. The van der Waals surface area contributed by atoms with Gasteiger partial charge in [-0.2, -0.15) is 0 Å². The summed E-state index contributed by atoms with van der Waals surface area (Å²) in [6.07, 6.45) is 0. The number of hydrogen-bond donors (Lipinski definition) is 2. The van der Waals surface area contributed by atoms with Crippen molar-refractivity contribution in [2.75, 3.05) is 11.4 Å². The van der Waals surface area contributed by atoms with Gasteiger partial charge in [0, 0.05) is 12.2 Å². The van der Waals surface area contributed by atoms with Crippen LogP contribution in [0.15, 0.2) is 24.3 Å². The number of nitrogens with two attached hydrogens (primary N) is 1. The number of para-hydroxylation sites is 1. The molecular formula is C12H15N3O2. The lowest BCUT2D eigenvalue weighted by atomic mass is 10.1. The molecule has 1 aromatic carbocycles. The summed E-state index contributed by atoms with van der Waals surface area (Å²) in [7, 11) is 0. The van der Waals surface area contributed by atoms with E-state index >= 15 is 0 Å². The van der Waals surface area contributed by atoms with Crippen LogP contribution < -0.4 is 16.0 Å². The Balaban J connectivity index is 2.43. The fourth-order valence-corrected chi connectivity index (χ4v) is 1.95. The topological polar surface area (TPSA) is 75.4 Å². The third-order valence-corrected chi connectivity index (χ3v) is 2.83. The van der Waals surface area contributed by atoms with Crippen molar-refractivity contribution in [2.24, 2.45) is 5.73 Å². The molecule has 0 saturated carbocycles. The van der Waals surface area contributed by atoms with Crippen LogP contribution in [-0.4, -0.2) is 24.4 Å². The summed E-state index contributed by atoms with van der Waals surface area (Å²) in [6, 6.07) is 7.19. The second kappa shape index (κ2) is 4.55. The van der Waals surface area contributed by atoms with Crippen molar-refractivity contribution < 1.29 is 9.59 Å². The van der Waals surface area contributed by atoms with Gasteiger partial charge in [-0.05, 0) is 18.6 Å². The van der Waals surface area contributed by atoms with Crippen molar-refractivity contribution in [3.8, 4) is 0 Å². The lowest BCUT2D eigenvalue weighted by molar-refractivity contribution is -0.123. The minimum atomic E-state index is -0.512. The maximum atomic E-state index is 12.1. The number of hydrogen-bond acceptors (Lipinski definition) is 3. The second-order valence-corrected chi connectivity index (χ2v) is 4.12. The van der Waals surface area contributed by atoms with Gasteiger partial charge in [0.15, 0.2) is 0 Å². The molecule has 1 aromatic rings. The molecule has 90 valence electrons. The normalized spacial score (nSPS) is 19.7. The summed E-state index contributed by atoms with van der Waals surface area (Å²) in [5.74, 6) is -0.643. The van der Waals surface area contributed by atoms with Crippen molar-refractivity contribution >= 4 is 17.5 Å². The highest BCUT2D eigenvalue weighted by Gasteiger charge is 2.27. The Kier molecular flexibility index (Phi) is 3.10. The number of anilines is 1. The lowest BCUT2D eigenvalue weighted by Gasteiger charge is -2.22. The van der Waals surface area contributed by atoms with E-state index in [2.05, 4.69) is 5.32 Å². The number of benzene rings is 1. The number of primary amides is 1. The van der Waals surface area contributed by atoms with Crippen LogP contribution in [0.2, 0.25) is 0 Å². The third kappa shape index (κ3) is 2.29. The number of fused-ring (bicyclic) bond motifs is 1. The van der Waals surface area contributed by atoms with Gasteiger partial charge in [-0.3, -0.25) is 9.59 Å². The van der Waals surface area contributed by atoms with Crippen molar-refractivity contribution in [2.45, 2.75) is 19.5 Å². The Morgan fingerprint density at radius 1 is 1.53 bits per heavy atom. The molecule has 17 heavy (non-hydrogen) atoms. The van der Waals surface area contributed by atoms with Crippen molar-refractivity contribution in [3.05, 3.63) is 29.8 Å². The molecule has 0 fully saturated rings. The molecule has 1 heterocycles. The van der Waals surface area contributed by atoms with E-state index in [-0.39, 0.29) is 18.5 Å². The van der Waals surface area contributed by atoms with Gasteiger partial charge in [0.1, 0.15) is 6.54 Å². The van der Waals surface area contributed by atoms with Crippen LogP contribution in [0.4, 0.5) is 5.69 Å². The third-order valence-electron chi connectivity index (χ3n) is 2.83. The molecule has 2 rings (SSSR count). The van der Waals surface area contributed by atoms with Gasteiger partial charge < -0.3 is 16.0 Å². The Bertz CT molecular complexity index is 459. The first-order valence-electron chi connectivity index (χ1n) is 5.50. The molecule has 1 unspecified atom stereocenters. The van der Waals surface area contributed by atoms with Gasteiger partial charge in [-0.1, -0.05) is 18.2 Å². The molecule has 0 aliphatic carbocycles. The molecule has 5 nitrogen and oxygen atoms in total. The van der Waals surface area contributed by atoms with Crippen LogP contribution in [0, 0.1) is 0 Å². The number of carbonyl (C=O) groups is 2. The maximum Gasteiger partial charge on any atom is 0.244 e. The number of rotatable bonds is 2. The molecular weight excluding hydrogens is 218 g/mol. The molecule has 1 aliphatic rings. The van der Waals surface area contributed by atoms with Gasteiger partial charge in [0.05, 0.1) is 6.04 Å². The van der Waals surface area contributed by atoms with Gasteiger partial charge >= 0.3 is 0 Å². The van der Waals surface area contributed by atoms with Crippen molar-refractivity contribution in [3.63, 3.8) is 0 Å². The van der Waals surface area contributed by atoms with E-state index in [1.54, 1.807) is 6.92 Å². The Hall–Kier alpha value is -1.88. The molecule has 5 heteroatoms. The minimum Gasteiger partial charge on any atom is -0.368 e. The molecule has 0 saturated heterocycles. The molecule has 1 atom stereocenters. The summed E-state index contributed by atoms with van der Waals surface area (Å²) in [4.78, 5) is 24.6. The molecule has 2 amide bonds. The summed E-state index contributed by atoms with van der Waals surface area (Å²) in [6.45, 7) is 2.31. The van der Waals surface area contributed by atoms with Crippen LogP contribution in [0.1, 0.15) is 12.5 Å². The zero-order chi connectivity index (χ0) is 12.4. The molecule has 1 aliphatic heterocycles. The first-order chi connectivity index (χ1) is 8.09. The predicted molar refractivity (Wildman–Crippen MR) is 64.3 cm³/mol. The second-order valence-electron chi connectivity index (χ2n) is 4.12. The predicted octanol–water partition coefficient (Wildman–Crippen LogP) is -0.00340. The SMILES string of the molecule is CC1NCc2ccccc2N(CC(N)=O)C1=O. The Labute approximate surface area is 99.6 Å². The highest BCUT2D eigenvalue weighted by molar-refractivity contribution is 6.02. The standard InChI is InChI=1S/C12H15N3O2/c1-8-12(17)15(7-11(13)16)10-5-3-2-4-9(10)6-14-8/h2-5,8,14H,6-7H2,1H3,(H2,13,16). The van der Waals surface area contributed by atoms with E-state index in [4.69, 9.17) is 5.73 Å². The molecule has 0 radical (unpaired) electrons. The zero-order valence-corrected chi connectivity index (χ0v) is 9.64. The number of nitrogens with one attached hydrogen (secondary N) is 1. The van der Waals surface area contributed by atoms with Crippen molar-refractivity contribution in [1.29, 1.82) is 0 Å². The fraction of sp³-hybridized carbons (Fsp3) is 0.333. The number of nitrogens with zero attached hydrogens (tertiary/aromatic N) is 1. The highest BCUT2D eigenvalue weighted by atomic mass is 16.2. The largest absolute Gasteiger partial charge is 0.368 e. The van der Waals surface area contributed by atoms with E-state index in [1.165, 1.54) is 4.90 Å². The van der Waals surface area contributed by atoms with Crippen LogP contribution in [0.3, 0.4) is 0 Å². The van der Waals surface area contributed by atoms with Crippen molar-refractivity contribution in [1.82, 2.24) is 5.32 Å². The van der Waals surface area contributed by atoms with Gasteiger partial charge in [-0.25, -0.2) is 0 Å². The number of amides is 2. The molecule has 0 spiro atoms. The molecule has 0 aromatic heterocycles. The number of carbonyl (C=O) groups excluding carboxylic acids is 2.